The molecule has 0 spiro atoms. The quantitative estimate of drug-likeness (QED) is 0.575. The van der Waals surface area contributed by atoms with Crippen molar-refractivity contribution in [3.63, 3.8) is 0 Å². The zero-order chi connectivity index (χ0) is 7.45. The highest BCUT2D eigenvalue weighted by atomic mass is 16.5. The third-order valence-electron chi connectivity index (χ3n) is 1.88. The number of β-amino-alcohol motifs (C(OH)–C–C–N with tert-alkyl or cyclic N) is 1. The number of nitrogens with one attached hydrogen (secondary N) is 1. The van der Waals surface area contributed by atoms with Gasteiger partial charge in [0, 0.05) is 18.7 Å². The molecule has 1 atom stereocenters. The number of hydrogen-bond donors (Lipinski definition) is 2. The number of ether oxygens (including phenoxy) is 1. The minimum atomic E-state index is 0.114. The summed E-state index contributed by atoms with van der Waals surface area (Å²) >= 11 is 0. The van der Waals surface area contributed by atoms with Crippen LogP contribution in [0.15, 0.2) is 0 Å². The normalized spacial score (nSPS) is 33.0. The van der Waals surface area contributed by atoms with Crippen molar-refractivity contribution in [2.75, 3.05) is 26.4 Å². The van der Waals surface area contributed by atoms with Gasteiger partial charge in [-0.05, 0) is 13.3 Å². The monoisotopic (exact) mass is 145 g/mol. The van der Waals surface area contributed by atoms with Crippen LogP contribution >= 0.6 is 0 Å². The molecule has 0 aromatic carbocycles. The zero-order valence-electron chi connectivity index (χ0n) is 6.39. The molecular weight excluding hydrogens is 130 g/mol. The first-order valence-electron chi connectivity index (χ1n) is 3.70. The van der Waals surface area contributed by atoms with Gasteiger partial charge in [0.25, 0.3) is 0 Å². The van der Waals surface area contributed by atoms with Gasteiger partial charge in [0.1, 0.15) is 0 Å². The summed E-state index contributed by atoms with van der Waals surface area (Å²) < 4.78 is 5.21. The molecule has 10 heavy (non-hydrogen) atoms. The van der Waals surface area contributed by atoms with Gasteiger partial charge < -0.3 is 15.2 Å². The zero-order valence-corrected chi connectivity index (χ0v) is 6.39. The molecule has 1 heterocycles. The Balaban J connectivity index is 2.22. The Labute approximate surface area is 61.4 Å². The van der Waals surface area contributed by atoms with Gasteiger partial charge in [0.05, 0.1) is 13.2 Å². The van der Waals surface area contributed by atoms with E-state index >= 15 is 0 Å². The molecule has 1 saturated heterocycles. The highest BCUT2D eigenvalue weighted by molar-refractivity contribution is 4.86. The summed E-state index contributed by atoms with van der Waals surface area (Å²) in [5.74, 6) is 0. The maximum absolute atomic E-state index is 8.54. The summed E-state index contributed by atoms with van der Waals surface area (Å²) in [5, 5.41) is 11.8. The Morgan fingerprint density at radius 2 is 2.50 bits per heavy atom. The molecule has 1 aliphatic heterocycles. The minimum absolute atomic E-state index is 0.114. The molecule has 1 fully saturated rings. The lowest BCUT2D eigenvalue weighted by molar-refractivity contribution is 0.167. The molecule has 2 N–H and O–H groups in total. The number of rotatable bonds is 3. The maximum Gasteiger partial charge on any atom is 0.0646 e. The first-order chi connectivity index (χ1) is 4.77. The molecule has 0 aromatic heterocycles. The Bertz CT molecular complexity index is 99.8. The minimum Gasteiger partial charge on any atom is -0.395 e. The Hall–Kier alpha value is -0.120. The van der Waals surface area contributed by atoms with Crippen molar-refractivity contribution < 1.29 is 9.84 Å². The smallest absolute Gasteiger partial charge is 0.0646 e. The average molecular weight is 145 g/mol. The van der Waals surface area contributed by atoms with Gasteiger partial charge in [-0.3, -0.25) is 0 Å². The summed E-state index contributed by atoms with van der Waals surface area (Å²) in [6.07, 6.45) is 1.05. The molecule has 1 unspecified atom stereocenters. The number of aliphatic hydroxyl groups excluding tert-OH is 1. The van der Waals surface area contributed by atoms with Crippen LogP contribution in [0.5, 0.6) is 0 Å². The number of hydrogen-bond acceptors (Lipinski definition) is 3. The van der Waals surface area contributed by atoms with Crippen LogP contribution in [0.4, 0.5) is 0 Å². The first kappa shape index (κ1) is 7.98. The van der Waals surface area contributed by atoms with Gasteiger partial charge in [-0.1, -0.05) is 0 Å². The van der Waals surface area contributed by atoms with Gasteiger partial charge in [-0.25, -0.2) is 0 Å². The molecule has 0 aromatic rings. The van der Waals surface area contributed by atoms with Crippen molar-refractivity contribution in [3.8, 4) is 0 Å². The van der Waals surface area contributed by atoms with Crippen molar-refractivity contribution in [2.24, 2.45) is 0 Å². The molecule has 1 rings (SSSR count). The molecule has 0 amide bonds. The first-order valence-corrected chi connectivity index (χ1v) is 3.70. The summed E-state index contributed by atoms with van der Waals surface area (Å²) in [6, 6.07) is 0. The van der Waals surface area contributed by atoms with Crippen molar-refractivity contribution in [1.29, 1.82) is 0 Å². The molecule has 0 aliphatic carbocycles. The van der Waals surface area contributed by atoms with Gasteiger partial charge in [-0.2, -0.15) is 0 Å². The van der Waals surface area contributed by atoms with Crippen LogP contribution in [-0.2, 0) is 4.74 Å². The van der Waals surface area contributed by atoms with E-state index in [-0.39, 0.29) is 12.1 Å². The number of aliphatic hydroxyl groups is 1. The average Bonchev–Trinajstić information content (AvgIpc) is 2.33. The largest absolute Gasteiger partial charge is 0.395 e. The van der Waals surface area contributed by atoms with Gasteiger partial charge in [0.15, 0.2) is 0 Å². The van der Waals surface area contributed by atoms with Crippen LogP contribution in [0.25, 0.3) is 0 Å². The highest BCUT2D eigenvalue weighted by Crippen LogP contribution is 2.16. The predicted molar refractivity (Wildman–Crippen MR) is 38.9 cm³/mol. The van der Waals surface area contributed by atoms with Gasteiger partial charge >= 0.3 is 0 Å². The fraction of sp³-hybridized carbons (Fsp3) is 1.00. The Morgan fingerprint density at radius 1 is 1.70 bits per heavy atom. The van der Waals surface area contributed by atoms with Crippen molar-refractivity contribution >= 4 is 0 Å². The van der Waals surface area contributed by atoms with Crippen LogP contribution in [-0.4, -0.2) is 37.0 Å². The fourth-order valence-corrected chi connectivity index (χ4v) is 1.16. The van der Waals surface area contributed by atoms with Crippen LogP contribution in [0.1, 0.15) is 13.3 Å². The van der Waals surface area contributed by atoms with Crippen LogP contribution in [0.3, 0.4) is 0 Å². The molecule has 3 nitrogen and oxygen atoms in total. The third-order valence-corrected chi connectivity index (χ3v) is 1.88. The third kappa shape index (κ3) is 1.94. The molecular formula is C7H15NO2. The molecule has 0 bridgehead atoms. The summed E-state index contributed by atoms with van der Waals surface area (Å²) in [4.78, 5) is 0. The Kier molecular flexibility index (Phi) is 2.65. The van der Waals surface area contributed by atoms with E-state index in [9.17, 15) is 0 Å². The SMILES string of the molecule is CC1(NCCO)CCOC1. The Morgan fingerprint density at radius 3 is 3.00 bits per heavy atom. The van der Waals surface area contributed by atoms with E-state index in [1.54, 1.807) is 0 Å². The van der Waals surface area contributed by atoms with E-state index in [0.717, 1.165) is 19.6 Å². The van der Waals surface area contributed by atoms with Gasteiger partial charge in [0.2, 0.25) is 0 Å². The lowest BCUT2D eigenvalue weighted by Crippen LogP contribution is -2.44. The van der Waals surface area contributed by atoms with E-state index < -0.39 is 0 Å². The maximum atomic E-state index is 8.54. The second-order valence-electron chi connectivity index (χ2n) is 3.01. The topological polar surface area (TPSA) is 41.5 Å². The molecule has 60 valence electrons. The van der Waals surface area contributed by atoms with E-state index in [0.29, 0.717) is 6.54 Å². The fourth-order valence-electron chi connectivity index (χ4n) is 1.16. The molecule has 0 radical (unpaired) electrons. The van der Waals surface area contributed by atoms with Crippen LogP contribution in [0, 0.1) is 0 Å². The highest BCUT2D eigenvalue weighted by Gasteiger charge is 2.28. The van der Waals surface area contributed by atoms with Gasteiger partial charge in [-0.15, -0.1) is 0 Å². The summed E-state index contributed by atoms with van der Waals surface area (Å²) in [7, 11) is 0. The van der Waals surface area contributed by atoms with E-state index in [4.69, 9.17) is 9.84 Å². The van der Waals surface area contributed by atoms with Crippen molar-refractivity contribution in [1.82, 2.24) is 5.32 Å². The van der Waals surface area contributed by atoms with E-state index in [2.05, 4.69) is 12.2 Å². The molecule has 0 saturated carbocycles. The van der Waals surface area contributed by atoms with Crippen LogP contribution in [0.2, 0.25) is 0 Å². The molecule has 1 aliphatic rings. The van der Waals surface area contributed by atoms with Crippen molar-refractivity contribution in [3.05, 3.63) is 0 Å². The second kappa shape index (κ2) is 3.32. The second-order valence-corrected chi connectivity index (χ2v) is 3.01. The molecule has 3 heteroatoms. The lowest BCUT2D eigenvalue weighted by Gasteiger charge is -2.22. The summed E-state index contributed by atoms with van der Waals surface area (Å²) in [6.45, 7) is 4.60. The van der Waals surface area contributed by atoms with E-state index in [1.165, 1.54) is 0 Å². The van der Waals surface area contributed by atoms with E-state index in [1.807, 2.05) is 0 Å². The lowest BCUT2D eigenvalue weighted by atomic mass is 10.0. The predicted octanol–water partition coefficient (Wildman–Crippen LogP) is -0.253. The van der Waals surface area contributed by atoms with Crippen LogP contribution < -0.4 is 5.32 Å². The van der Waals surface area contributed by atoms with Crippen molar-refractivity contribution in [2.45, 2.75) is 18.9 Å². The summed E-state index contributed by atoms with van der Waals surface area (Å²) in [5.41, 5.74) is 0.114. The standard InChI is InChI=1S/C7H15NO2/c1-7(8-3-4-9)2-5-10-6-7/h8-9H,2-6H2,1H3.